The minimum atomic E-state index is 0.0377. The zero-order chi connectivity index (χ0) is 10.9. The molecule has 0 bridgehead atoms. The molecule has 0 aliphatic heterocycles. The van der Waals surface area contributed by atoms with Crippen LogP contribution in [0.1, 0.15) is 29.7 Å². The van der Waals surface area contributed by atoms with Crippen LogP contribution >= 0.6 is 15.9 Å². The van der Waals surface area contributed by atoms with Crippen LogP contribution in [0.3, 0.4) is 0 Å². The van der Waals surface area contributed by atoms with Crippen molar-refractivity contribution in [3.8, 4) is 5.75 Å². The van der Waals surface area contributed by atoms with Crippen LogP contribution in [-0.2, 0) is 0 Å². The number of ether oxygens (including phenoxy) is 1. The van der Waals surface area contributed by atoms with Crippen molar-refractivity contribution in [3.63, 3.8) is 0 Å². The molecular formula is C11H16BrNO. The molecule has 0 saturated carbocycles. The van der Waals surface area contributed by atoms with Crippen molar-refractivity contribution < 1.29 is 4.74 Å². The summed E-state index contributed by atoms with van der Waals surface area (Å²) in [5.41, 5.74) is 9.29. The van der Waals surface area contributed by atoms with Crippen molar-refractivity contribution >= 4 is 15.9 Å². The van der Waals surface area contributed by atoms with Crippen molar-refractivity contribution in [3.05, 3.63) is 27.2 Å². The largest absolute Gasteiger partial charge is 0.495 e. The predicted octanol–water partition coefficient (Wildman–Crippen LogP) is 3.09. The van der Waals surface area contributed by atoms with E-state index in [2.05, 4.69) is 22.0 Å². The lowest BCUT2D eigenvalue weighted by atomic mass is 9.99. The Kier molecular flexibility index (Phi) is 3.56. The van der Waals surface area contributed by atoms with Crippen molar-refractivity contribution in [1.82, 2.24) is 0 Å². The zero-order valence-corrected chi connectivity index (χ0v) is 10.6. The Morgan fingerprint density at radius 2 is 2.00 bits per heavy atom. The fourth-order valence-corrected chi connectivity index (χ4v) is 2.17. The van der Waals surface area contributed by atoms with Crippen LogP contribution in [-0.4, -0.2) is 7.11 Å². The number of nitrogens with two attached hydrogens (primary N) is 1. The number of hydrogen-bond acceptors (Lipinski definition) is 2. The maximum absolute atomic E-state index is 5.89. The second-order valence-corrected chi connectivity index (χ2v) is 4.34. The Hall–Kier alpha value is -0.540. The van der Waals surface area contributed by atoms with Gasteiger partial charge in [0.15, 0.2) is 0 Å². The third kappa shape index (κ3) is 1.93. The summed E-state index contributed by atoms with van der Waals surface area (Å²) in [7, 11) is 1.68. The second kappa shape index (κ2) is 4.32. The summed E-state index contributed by atoms with van der Waals surface area (Å²) in [6.45, 7) is 6.05. The van der Waals surface area contributed by atoms with Crippen LogP contribution in [0.15, 0.2) is 10.5 Å². The van der Waals surface area contributed by atoms with Gasteiger partial charge in [-0.15, -0.1) is 0 Å². The Balaban J connectivity index is 3.42. The van der Waals surface area contributed by atoms with Crippen LogP contribution < -0.4 is 10.5 Å². The maximum Gasteiger partial charge on any atom is 0.136 e. The molecule has 0 aliphatic rings. The Morgan fingerprint density at radius 1 is 1.43 bits per heavy atom. The normalized spacial score (nSPS) is 12.7. The lowest BCUT2D eigenvalue weighted by Crippen LogP contribution is -2.08. The zero-order valence-electron chi connectivity index (χ0n) is 9.02. The van der Waals surface area contributed by atoms with Crippen molar-refractivity contribution in [2.75, 3.05) is 7.11 Å². The van der Waals surface area contributed by atoms with E-state index in [0.29, 0.717) is 0 Å². The maximum atomic E-state index is 5.89. The molecule has 0 radical (unpaired) electrons. The summed E-state index contributed by atoms with van der Waals surface area (Å²) in [6.07, 6.45) is 0. The molecule has 0 spiro atoms. The molecule has 2 N–H and O–H groups in total. The van der Waals surface area contributed by atoms with Gasteiger partial charge in [0, 0.05) is 6.04 Å². The lowest BCUT2D eigenvalue weighted by Gasteiger charge is -2.16. The molecule has 0 aliphatic carbocycles. The average Bonchev–Trinajstić information content (AvgIpc) is 2.12. The smallest absolute Gasteiger partial charge is 0.136 e. The van der Waals surface area contributed by atoms with Crippen molar-refractivity contribution in [1.29, 1.82) is 0 Å². The Morgan fingerprint density at radius 3 is 2.43 bits per heavy atom. The first-order valence-electron chi connectivity index (χ1n) is 4.58. The molecule has 1 aromatic carbocycles. The summed E-state index contributed by atoms with van der Waals surface area (Å²) in [5, 5.41) is 0. The van der Waals surface area contributed by atoms with Crippen LogP contribution in [0.25, 0.3) is 0 Å². The van der Waals surface area contributed by atoms with E-state index in [0.717, 1.165) is 26.9 Å². The minimum absolute atomic E-state index is 0.0377. The molecular weight excluding hydrogens is 242 g/mol. The molecule has 14 heavy (non-hydrogen) atoms. The lowest BCUT2D eigenvalue weighted by molar-refractivity contribution is 0.407. The molecule has 0 fully saturated rings. The van der Waals surface area contributed by atoms with E-state index in [-0.39, 0.29) is 6.04 Å². The van der Waals surface area contributed by atoms with Gasteiger partial charge in [-0.05, 0) is 53.4 Å². The van der Waals surface area contributed by atoms with E-state index in [4.69, 9.17) is 10.5 Å². The van der Waals surface area contributed by atoms with Crippen molar-refractivity contribution in [2.45, 2.75) is 26.8 Å². The van der Waals surface area contributed by atoms with Gasteiger partial charge < -0.3 is 10.5 Å². The van der Waals surface area contributed by atoms with Gasteiger partial charge in [-0.3, -0.25) is 0 Å². The molecule has 0 aromatic heterocycles. The van der Waals surface area contributed by atoms with E-state index in [9.17, 15) is 0 Å². The third-order valence-electron chi connectivity index (χ3n) is 2.39. The SMILES string of the molecule is COc1c(C)c(C(C)N)cc(C)c1Br. The quantitative estimate of drug-likeness (QED) is 0.884. The summed E-state index contributed by atoms with van der Waals surface area (Å²) >= 11 is 3.51. The minimum Gasteiger partial charge on any atom is -0.495 e. The fraction of sp³-hybridized carbons (Fsp3) is 0.455. The molecule has 3 heteroatoms. The molecule has 0 saturated heterocycles. The fourth-order valence-electron chi connectivity index (χ4n) is 1.60. The molecule has 78 valence electrons. The van der Waals surface area contributed by atoms with E-state index >= 15 is 0 Å². The molecule has 0 amide bonds. The number of hydrogen-bond donors (Lipinski definition) is 1. The van der Waals surface area contributed by atoms with Gasteiger partial charge in [0.05, 0.1) is 11.6 Å². The summed E-state index contributed by atoms with van der Waals surface area (Å²) in [6, 6.07) is 2.14. The van der Waals surface area contributed by atoms with Gasteiger partial charge in [-0.25, -0.2) is 0 Å². The average molecular weight is 258 g/mol. The highest BCUT2D eigenvalue weighted by molar-refractivity contribution is 9.10. The molecule has 1 aromatic rings. The highest BCUT2D eigenvalue weighted by Gasteiger charge is 2.13. The number of rotatable bonds is 2. The predicted molar refractivity (Wildman–Crippen MR) is 62.8 cm³/mol. The molecule has 2 nitrogen and oxygen atoms in total. The standard InChI is InChI=1S/C11H16BrNO/c1-6-5-9(8(3)13)7(2)11(14-4)10(6)12/h5,8H,13H2,1-4H3. The van der Waals surface area contributed by atoms with Gasteiger partial charge in [-0.2, -0.15) is 0 Å². The highest BCUT2D eigenvalue weighted by atomic mass is 79.9. The van der Waals surface area contributed by atoms with E-state index in [1.807, 2.05) is 20.8 Å². The Bertz CT molecular complexity index is 348. The first-order valence-corrected chi connectivity index (χ1v) is 5.37. The Labute approximate surface area is 93.6 Å². The van der Waals surface area contributed by atoms with Gasteiger partial charge >= 0.3 is 0 Å². The number of halogens is 1. The van der Waals surface area contributed by atoms with Crippen LogP contribution in [0.2, 0.25) is 0 Å². The first kappa shape index (κ1) is 11.5. The molecule has 1 unspecified atom stereocenters. The first-order chi connectivity index (χ1) is 6.49. The molecule has 1 rings (SSSR count). The number of methoxy groups -OCH3 is 1. The van der Waals surface area contributed by atoms with Gasteiger partial charge in [0.1, 0.15) is 5.75 Å². The van der Waals surface area contributed by atoms with Crippen LogP contribution in [0.4, 0.5) is 0 Å². The monoisotopic (exact) mass is 257 g/mol. The highest BCUT2D eigenvalue weighted by Crippen LogP contribution is 2.35. The van der Waals surface area contributed by atoms with Gasteiger partial charge in [0.2, 0.25) is 0 Å². The van der Waals surface area contributed by atoms with Crippen molar-refractivity contribution in [2.24, 2.45) is 5.73 Å². The second-order valence-electron chi connectivity index (χ2n) is 3.54. The summed E-state index contributed by atoms with van der Waals surface area (Å²) in [5.74, 6) is 0.886. The van der Waals surface area contributed by atoms with E-state index in [1.165, 1.54) is 0 Å². The van der Waals surface area contributed by atoms with E-state index in [1.54, 1.807) is 7.11 Å². The summed E-state index contributed by atoms with van der Waals surface area (Å²) in [4.78, 5) is 0. The van der Waals surface area contributed by atoms with Crippen LogP contribution in [0.5, 0.6) is 5.75 Å². The van der Waals surface area contributed by atoms with Gasteiger partial charge in [-0.1, -0.05) is 6.07 Å². The number of aryl methyl sites for hydroxylation is 1. The molecule has 0 heterocycles. The summed E-state index contributed by atoms with van der Waals surface area (Å²) < 4.78 is 6.36. The molecule has 1 atom stereocenters. The van der Waals surface area contributed by atoms with Crippen LogP contribution in [0, 0.1) is 13.8 Å². The van der Waals surface area contributed by atoms with E-state index < -0.39 is 0 Å². The number of benzene rings is 1. The van der Waals surface area contributed by atoms with Gasteiger partial charge in [0.25, 0.3) is 0 Å². The third-order valence-corrected chi connectivity index (χ3v) is 3.37. The topological polar surface area (TPSA) is 35.2 Å².